The summed E-state index contributed by atoms with van der Waals surface area (Å²) in [6.45, 7) is 11.7. The van der Waals surface area contributed by atoms with Crippen LogP contribution in [0, 0.1) is 11.3 Å². The molecule has 0 spiro atoms. The molecule has 0 aromatic heterocycles. The number of nitrogens with zero attached hydrogens (tertiary/aromatic N) is 1. The molecule has 2 N–H and O–H groups in total. The van der Waals surface area contributed by atoms with E-state index in [-0.39, 0.29) is 0 Å². The van der Waals surface area contributed by atoms with E-state index in [1.165, 1.54) is 51.7 Å². The molecular formula is C14H30N2. The minimum absolute atomic E-state index is 0.620. The summed E-state index contributed by atoms with van der Waals surface area (Å²) in [4.78, 5) is 2.63. The Morgan fingerprint density at radius 1 is 1.25 bits per heavy atom. The van der Waals surface area contributed by atoms with Crippen LogP contribution in [0.4, 0.5) is 0 Å². The second-order valence-electron chi connectivity index (χ2n) is 5.80. The lowest BCUT2D eigenvalue weighted by Crippen LogP contribution is -2.39. The summed E-state index contributed by atoms with van der Waals surface area (Å²) >= 11 is 0. The Morgan fingerprint density at radius 2 is 1.88 bits per heavy atom. The van der Waals surface area contributed by atoms with Crippen LogP contribution in [0.5, 0.6) is 0 Å². The first-order valence-electron chi connectivity index (χ1n) is 7.06. The topological polar surface area (TPSA) is 29.3 Å². The van der Waals surface area contributed by atoms with Gasteiger partial charge in [-0.05, 0) is 56.8 Å². The third-order valence-corrected chi connectivity index (χ3v) is 4.68. The van der Waals surface area contributed by atoms with Crippen molar-refractivity contribution in [1.29, 1.82) is 0 Å². The van der Waals surface area contributed by atoms with Crippen molar-refractivity contribution in [2.75, 3.05) is 26.2 Å². The molecule has 1 unspecified atom stereocenters. The van der Waals surface area contributed by atoms with Crippen molar-refractivity contribution in [3.05, 3.63) is 0 Å². The minimum atomic E-state index is 0.620. The van der Waals surface area contributed by atoms with Crippen LogP contribution in [0.15, 0.2) is 0 Å². The Hall–Kier alpha value is -0.0800. The number of likely N-dealkylation sites (tertiary alicyclic amines) is 1. The molecule has 1 aliphatic rings. The van der Waals surface area contributed by atoms with E-state index < -0.39 is 0 Å². The van der Waals surface area contributed by atoms with Crippen molar-refractivity contribution < 1.29 is 0 Å². The van der Waals surface area contributed by atoms with Crippen LogP contribution >= 0.6 is 0 Å². The average Bonchev–Trinajstić information content (AvgIpc) is 2.33. The monoisotopic (exact) mass is 226 g/mol. The zero-order chi connectivity index (χ0) is 12.0. The molecule has 2 heteroatoms. The molecule has 1 rings (SSSR count). The lowest BCUT2D eigenvalue weighted by atomic mass is 9.78. The van der Waals surface area contributed by atoms with E-state index in [0.29, 0.717) is 5.41 Å². The molecule has 0 radical (unpaired) electrons. The fourth-order valence-electron chi connectivity index (χ4n) is 2.52. The van der Waals surface area contributed by atoms with Crippen LogP contribution in [0.3, 0.4) is 0 Å². The Labute approximate surface area is 102 Å². The molecule has 0 saturated carbocycles. The lowest BCUT2D eigenvalue weighted by Gasteiger charge is -2.39. The normalized spacial score (nSPS) is 23.2. The smallest absolute Gasteiger partial charge is 0.00135 e. The van der Waals surface area contributed by atoms with E-state index in [1.807, 2.05) is 0 Å². The highest BCUT2D eigenvalue weighted by atomic mass is 15.1. The molecule has 1 saturated heterocycles. The summed E-state index contributed by atoms with van der Waals surface area (Å²) in [5, 5.41) is 0. The van der Waals surface area contributed by atoms with Crippen molar-refractivity contribution in [1.82, 2.24) is 4.90 Å². The lowest BCUT2D eigenvalue weighted by molar-refractivity contribution is 0.110. The maximum atomic E-state index is 5.74. The molecule has 0 amide bonds. The zero-order valence-electron chi connectivity index (χ0n) is 11.5. The quantitative estimate of drug-likeness (QED) is 0.754. The molecule has 2 nitrogen and oxygen atoms in total. The summed E-state index contributed by atoms with van der Waals surface area (Å²) in [7, 11) is 0. The Kier molecular flexibility index (Phi) is 5.77. The van der Waals surface area contributed by atoms with Crippen LogP contribution < -0.4 is 5.73 Å². The summed E-state index contributed by atoms with van der Waals surface area (Å²) in [6, 6.07) is 0. The van der Waals surface area contributed by atoms with Gasteiger partial charge in [0.15, 0.2) is 0 Å². The van der Waals surface area contributed by atoms with Crippen LogP contribution in [0.25, 0.3) is 0 Å². The average molecular weight is 226 g/mol. The SMILES string of the molecule is CCC(CN)CCN1CCC(C)(CC)CC1. The molecule has 1 fully saturated rings. The van der Waals surface area contributed by atoms with Crippen molar-refractivity contribution >= 4 is 0 Å². The summed E-state index contributed by atoms with van der Waals surface area (Å²) in [6.07, 6.45) is 6.61. The fourth-order valence-corrected chi connectivity index (χ4v) is 2.52. The van der Waals surface area contributed by atoms with Gasteiger partial charge in [0.1, 0.15) is 0 Å². The Morgan fingerprint density at radius 3 is 2.31 bits per heavy atom. The Bertz CT molecular complexity index is 179. The van der Waals surface area contributed by atoms with E-state index in [4.69, 9.17) is 5.73 Å². The van der Waals surface area contributed by atoms with Crippen molar-refractivity contribution in [2.24, 2.45) is 17.1 Å². The van der Waals surface area contributed by atoms with Crippen molar-refractivity contribution in [3.8, 4) is 0 Å². The number of hydrogen-bond donors (Lipinski definition) is 1. The molecule has 1 heterocycles. The van der Waals surface area contributed by atoms with E-state index in [2.05, 4.69) is 25.7 Å². The van der Waals surface area contributed by atoms with Gasteiger partial charge in [-0.15, -0.1) is 0 Å². The van der Waals surface area contributed by atoms with Gasteiger partial charge in [-0.3, -0.25) is 0 Å². The first-order chi connectivity index (χ1) is 7.63. The molecule has 0 aromatic rings. The predicted octanol–water partition coefficient (Wildman–Crippen LogP) is 2.87. The molecule has 0 aromatic carbocycles. The molecule has 96 valence electrons. The molecule has 0 bridgehead atoms. The highest BCUT2D eigenvalue weighted by molar-refractivity contribution is 4.81. The molecule has 1 atom stereocenters. The van der Waals surface area contributed by atoms with Crippen LogP contribution in [0.1, 0.15) is 52.9 Å². The molecule has 1 aliphatic heterocycles. The van der Waals surface area contributed by atoms with Crippen LogP contribution in [-0.4, -0.2) is 31.1 Å². The second kappa shape index (κ2) is 6.61. The van der Waals surface area contributed by atoms with Gasteiger partial charge in [-0.25, -0.2) is 0 Å². The third-order valence-electron chi connectivity index (χ3n) is 4.68. The molecule has 16 heavy (non-hydrogen) atoms. The van der Waals surface area contributed by atoms with E-state index in [9.17, 15) is 0 Å². The number of piperidine rings is 1. The van der Waals surface area contributed by atoms with E-state index >= 15 is 0 Å². The summed E-state index contributed by atoms with van der Waals surface area (Å²) in [5.74, 6) is 0.736. The number of rotatable bonds is 6. The highest BCUT2D eigenvalue weighted by Gasteiger charge is 2.27. The summed E-state index contributed by atoms with van der Waals surface area (Å²) < 4.78 is 0. The maximum absolute atomic E-state index is 5.74. The maximum Gasteiger partial charge on any atom is -0.00135 e. The Balaban J connectivity index is 2.22. The molecular weight excluding hydrogens is 196 g/mol. The zero-order valence-corrected chi connectivity index (χ0v) is 11.5. The first-order valence-corrected chi connectivity index (χ1v) is 7.06. The van der Waals surface area contributed by atoms with Crippen molar-refractivity contribution in [2.45, 2.75) is 52.9 Å². The predicted molar refractivity (Wildman–Crippen MR) is 71.5 cm³/mol. The number of nitrogens with two attached hydrogens (primary N) is 1. The van der Waals surface area contributed by atoms with Crippen molar-refractivity contribution in [3.63, 3.8) is 0 Å². The van der Waals surface area contributed by atoms with E-state index in [0.717, 1.165) is 12.5 Å². The van der Waals surface area contributed by atoms with Crippen LogP contribution in [0.2, 0.25) is 0 Å². The van der Waals surface area contributed by atoms with Gasteiger partial charge in [-0.2, -0.15) is 0 Å². The van der Waals surface area contributed by atoms with E-state index in [1.54, 1.807) is 0 Å². The first kappa shape index (κ1) is 14.0. The second-order valence-corrected chi connectivity index (χ2v) is 5.80. The standard InChI is InChI=1S/C14H30N2/c1-4-13(12-15)6-9-16-10-7-14(3,5-2)8-11-16/h13H,4-12,15H2,1-3H3. The summed E-state index contributed by atoms with van der Waals surface area (Å²) in [5.41, 5.74) is 6.36. The van der Waals surface area contributed by atoms with Crippen LogP contribution in [-0.2, 0) is 0 Å². The number of hydrogen-bond acceptors (Lipinski definition) is 2. The highest BCUT2D eigenvalue weighted by Crippen LogP contribution is 2.33. The van der Waals surface area contributed by atoms with Gasteiger partial charge in [0.25, 0.3) is 0 Å². The minimum Gasteiger partial charge on any atom is -0.330 e. The fraction of sp³-hybridized carbons (Fsp3) is 1.00. The molecule has 0 aliphatic carbocycles. The van der Waals surface area contributed by atoms with Gasteiger partial charge in [-0.1, -0.05) is 33.6 Å². The van der Waals surface area contributed by atoms with Gasteiger partial charge < -0.3 is 10.6 Å². The van der Waals surface area contributed by atoms with Gasteiger partial charge >= 0.3 is 0 Å². The largest absolute Gasteiger partial charge is 0.330 e. The van der Waals surface area contributed by atoms with Gasteiger partial charge in [0, 0.05) is 0 Å². The van der Waals surface area contributed by atoms with Gasteiger partial charge in [0.2, 0.25) is 0 Å². The van der Waals surface area contributed by atoms with Gasteiger partial charge in [0.05, 0.1) is 0 Å². The third kappa shape index (κ3) is 4.06.